The van der Waals surface area contributed by atoms with Crippen LogP contribution in [0.15, 0.2) is 113 Å². The topological polar surface area (TPSA) is 35.9 Å². The summed E-state index contributed by atoms with van der Waals surface area (Å²) in [7, 11) is 0. The van der Waals surface area contributed by atoms with E-state index in [2.05, 4.69) is 35.7 Å². The van der Waals surface area contributed by atoms with Crippen LogP contribution in [0.4, 0.5) is 13.2 Å². The van der Waals surface area contributed by atoms with Crippen molar-refractivity contribution in [3.8, 4) is 0 Å². The molecule has 0 radical (unpaired) electrons. The van der Waals surface area contributed by atoms with Gasteiger partial charge in [0, 0.05) is 24.2 Å². The Bertz CT molecular complexity index is 1370. The quantitative estimate of drug-likeness (QED) is 0.359. The third-order valence-electron chi connectivity index (χ3n) is 7.06. The van der Waals surface area contributed by atoms with Gasteiger partial charge in [0.2, 0.25) is 0 Å². The normalized spacial score (nSPS) is 16.0. The molecule has 2 aliphatic heterocycles. The number of amidine groups is 1. The summed E-state index contributed by atoms with van der Waals surface area (Å²) in [6, 6.07) is 25.1. The molecule has 0 saturated heterocycles. The molecule has 0 saturated carbocycles. The molecular weight excluding hydrogens is 487 g/mol. The molecule has 2 heterocycles. The standard InChI is InChI=1S/C31H28F3N3O/c1-3-28-35-27-20-36(30(38)25-16-10-11-17-26(25)31(32,33)34)19-18-24(27)21(2)37(28)29(22-12-6-4-7-13-22)23-14-8-5-9-15-23/h4-17,29H,2-3,18-20H2,1H3. The van der Waals surface area contributed by atoms with Crippen molar-refractivity contribution in [1.82, 2.24) is 9.80 Å². The number of benzene rings is 3. The smallest absolute Gasteiger partial charge is 0.332 e. The Labute approximate surface area is 220 Å². The minimum absolute atomic E-state index is 0.137. The van der Waals surface area contributed by atoms with Crippen LogP contribution in [0.2, 0.25) is 0 Å². The van der Waals surface area contributed by atoms with Crippen LogP contribution in [0.3, 0.4) is 0 Å². The molecule has 3 aromatic rings. The number of alkyl halides is 3. The van der Waals surface area contributed by atoms with Crippen molar-refractivity contribution in [2.24, 2.45) is 4.99 Å². The van der Waals surface area contributed by atoms with Crippen molar-refractivity contribution < 1.29 is 18.0 Å². The molecule has 7 heteroatoms. The Morgan fingerprint density at radius 2 is 1.53 bits per heavy atom. The maximum atomic E-state index is 13.6. The predicted molar refractivity (Wildman–Crippen MR) is 142 cm³/mol. The molecule has 0 N–H and O–H groups in total. The van der Waals surface area contributed by atoms with Crippen molar-refractivity contribution in [2.75, 3.05) is 13.1 Å². The van der Waals surface area contributed by atoms with E-state index in [0.29, 0.717) is 18.5 Å². The lowest BCUT2D eigenvalue weighted by Gasteiger charge is -2.42. The highest BCUT2D eigenvalue weighted by Crippen LogP contribution is 2.40. The maximum absolute atomic E-state index is 13.6. The van der Waals surface area contributed by atoms with Crippen molar-refractivity contribution in [2.45, 2.75) is 32.0 Å². The van der Waals surface area contributed by atoms with Gasteiger partial charge >= 0.3 is 6.18 Å². The summed E-state index contributed by atoms with van der Waals surface area (Å²) in [5, 5.41) is 0. The number of allylic oxidation sites excluding steroid dienone is 1. The molecule has 38 heavy (non-hydrogen) atoms. The van der Waals surface area contributed by atoms with Crippen LogP contribution in [0, 0.1) is 0 Å². The van der Waals surface area contributed by atoms with E-state index in [1.807, 2.05) is 43.3 Å². The molecular formula is C31H28F3N3O. The van der Waals surface area contributed by atoms with Gasteiger partial charge in [-0.1, -0.05) is 86.3 Å². The largest absolute Gasteiger partial charge is 0.417 e. The zero-order valence-corrected chi connectivity index (χ0v) is 21.1. The molecule has 194 valence electrons. The van der Waals surface area contributed by atoms with E-state index in [9.17, 15) is 18.0 Å². The van der Waals surface area contributed by atoms with E-state index in [4.69, 9.17) is 4.99 Å². The van der Waals surface area contributed by atoms with Gasteiger partial charge in [0.1, 0.15) is 5.84 Å². The van der Waals surface area contributed by atoms with Crippen LogP contribution in [0.5, 0.6) is 0 Å². The Balaban J connectivity index is 1.49. The molecule has 0 atom stereocenters. The summed E-state index contributed by atoms with van der Waals surface area (Å²) in [4.78, 5) is 21.8. The number of aliphatic imine (C=N–C) groups is 1. The Morgan fingerprint density at radius 1 is 0.947 bits per heavy atom. The number of hydrogen-bond acceptors (Lipinski definition) is 3. The monoisotopic (exact) mass is 515 g/mol. The average molecular weight is 516 g/mol. The fourth-order valence-corrected chi connectivity index (χ4v) is 5.25. The van der Waals surface area contributed by atoms with Crippen LogP contribution in [0.25, 0.3) is 0 Å². The van der Waals surface area contributed by atoms with Gasteiger partial charge in [-0.15, -0.1) is 0 Å². The third-order valence-corrected chi connectivity index (χ3v) is 7.06. The Kier molecular flexibility index (Phi) is 6.93. The fraction of sp³-hybridized carbons (Fsp3) is 0.226. The second-order valence-corrected chi connectivity index (χ2v) is 9.37. The number of rotatable bonds is 5. The van der Waals surface area contributed by atoms with Crippen LogP contribution < -0.4 is 0 Å². The van der Waals surface area contributed by atoms with Crippen LogP contribution in [-0.4, -0.2) is 34.6 Å². The summed E-state index contributed by atoms with van der Waals surface area (Å²) >= 11 is 0. The van der Waals surface area contributed by atoms with Gasteiger partial charge in [-0.3, -0.25) is 4.79 Å². The summed E-state index contributed by atoms with van der Waals surface area (Å²) < 4.78 is 40.7. The first kappa shape index (κ1) is 25.5. The van der Waals surface area contributed by atoms with Crippen LogP contribution >= 0.6 is 0 Å². The molecule has 0 unspecified atom stereocenters. The van der Waals surface area contributed by atoms with Gasteiger partial charge < -0.3 is 9.80 Å². The molecule has 5 rings (SSSR count). The van der Waals surface area contributed by atoms with Crippen molar-refractivity contribution in [1.29, 1.82) is 0 Å². The Morgan fingerprint density at radius 3 is 2.11 bits per heavy atom. The highest BCUT2D eigenvalue weighted by atomic mass is 19.4. The van der Waals surface area contributed by atoms with Crippen LogP contribution in [-0.2, 0) is 6.18 Å². The second kappa shape index (κ2) is 10.3. The molecule has 1 amide bonds. The van der Waals surface area contributed by atoms with Gasteiger partial charge in [-0.25, -0.2) is 4.99 Å². The highest BCUT2D eigenvalue weighted by Gasteiger charge is 2.38. The third kappa shape index (κ3) is 4.76. The summed E-state index contributed by atoms with van der Waals surface area (Å²) in [6.45, 7) is 6.90. The zero-order chi connectivity index (χ0) is 26.9. The fourth-order valence-electron chi connectivity index (χ4n) is 5.25. The van der Waals surface area contributed by atoms with Gasteiger partial charge in [-0.05, 0) is 29.7 Å². The van der Waals surface area contributed by atoms with E-state index < -0.39 is 17.6 Å². The van der Waals surface area contributed by atoms with E-state index in [1.165, 1.54) is 23.1 Å². The van der Waals surface area contributed by atoms with Crippen LogP contribution in [0.1, 0.15) is 52.9 Å². The lowest BCUT2D eigenvalue weighted by atomic mass is 9.92. The molecule has 4 nitrogen and oxygen atoms in total. The van der Waals surface area contributed by atoms with E-state index in [-0.39, 0.29) is 24.7 Å². The number of amides is 1. The first-order valence-electron chi connectivity index (χ1n) is 12.6. The molecule has 0 aromatic heterocycles. The lowest BCUT2D eigenvalue weighted by molar-refractivity contribution is -0.138. The van der Waals surface area contributed by atoms with E-state index in [1.54, 1.807) is 0 Å². The van der Waals surface area contributed by atoms with Gasteiger partial charge in [0.15, 0.2) is 0 Å². The number of halogens is 3. The number of carbonyl (C=O) groups excluding carboxylic acids is 1. The predicted octanol–water partition coefficient (Wildman–Crippen LogP) is 7.23. The number of hydrogen-bond donors (Lipinski definition) is 0. The van der Waals surface area contributed by atoms with E-state index in [0.717, 1.165) is 34.3 Å². The maximum Gasteiger partial charge on any atom is 0.417 e. The average Bonchev–Trinajstić information content (AvgIpc) is 2.94. The van der Waals surface area contributed by atoms with Gasteiger partial charge in [-0.2, -0.15) is 13.2 Å². The van der Waals surface area contributed by atoms with Gasteiger partial charge in [0.05, 0.1) is 29.4 Å². The molecule has 0 aliphatic carbocycles. The number of carbonyl (C=O) groups is 1. The summed E-state index contributed by atoms with van der Waals surface area (Å²) in [5.41, 5.74) is 3.37. The summed E-state index contributed by atoms with van der Waals surface area (Å²) in [5.74, 6) is 0.161. The molecule has 2 aliphatic rings. The van der Waals surface area contributed by atoms with E-state index >= 15 is 0 Å². The molecule has 3 aromatic carbocycles. The number of nitrogens with zero attached hydrogens (tertiary/aromatic N) is 3. The Hall–Kier alpha value is -4.13. The molecule has 0 bridgehead atoms. The van der Waals surface area contributed by atoms with Crippen molar-refractivity contribution >= 4 is 11.7 Å². The highest BCUT2D eigenvalue weighted by molar-refractivity contribution is 5.96. The second-order valence-electron chi connectivity index (χ2n) is 9.37. The summed E-state index contributed by atoms with van der Waals surface area (Å²) in [6.07, 6.45) is -3.53. The minimum atomic E-state index is -4.61. The zero-order valence-electron chi connectivity index (χ0n) is 21.1. The first-order chi connectivity index (χ1) is 18.3. The minimum Gasteiger partial charge on any atom is -0.332 e. The SMILES string of the molecule is C=C1C2=C(CN(C(=O)c3ccccc3C(F)(F)F)CC2)N=C(CC)N1C(c1ccccc1)c1ccccc1. The van der Waals surface area contributed by atoms with Crippen molar-refractivity contribution in [3.05, 3.63) is 131 Å². The molecule has 0 spiro atoms. The van der Waals surface area contributed by atoms with Crippen molar-refractivity contribution in [3.63, 3.8) is 0 Å². The lowest BCUT2D eigenvalue weighted by Crippen LogP contribution is -2.43. The molecule has 0 fully saturated rings. The first-order valence-corrected chi connectivity index (χ1v) is 12.6. The van der Waals surface area contributed by atoms with Gasteiger partial charge in [0.25, 0.3) is 5.91 Å².